The maximum atomic E-state index is 12.0. The second kappa shape index (κ2) is 8.02. The van der Waals surface area contributed by atoms with Gasteiger partial charge in [-0.1, -0.05) is 19.1 Å². The van der Waals surface area contributed by atoms with Crippen molar-refractivity contribution in [1.29, 1.82) is 0 Å². The van der Waals surface area contributed by atoms with Crippen molar-refractivity contribution in [3.63, 3.8) is 0 Å². The third kappa shape index (κ3) is 4.17. The minimum absolute atomic E-state index is 0.0104. The second-order valence-electron chi connectivity index (χ2n) is 6.21. The Balaban J connectivity index is 2.12. The zero-order valence-electron chi connectivity index (χ0n) is 15.2. The average molecular weight is 329 g/mol. The van der Waals surface area contributed by atoms with Crippen molar-refractivity contribution in [2.45, 2.75) is 25.9 Å². The number of ether oxygens (including phenoxy) is 1. The summed E-state index contributed by atoms with van der Waals surface area (Å²) < 4.78 is 5.33. The van der Waals surface area contributed by atoms with E-state index in [9.17, 15) is 4.79 Å². The molecule has 0 aliphatic rings. The highest BCUT2D eigenvalue weighted by atomic mass is 16.5. The lowest BCUT2D eigenvalue weighted by molar-refractivity contribution is 0.0822. The van der Waals surface area contributed by atoms with Crippen LogP contribution in [-0.4, -0.2) is 48.9 Å². The summed E-state index contributed by atoms with van der Waals surface area (Å²) in [5, 5.41) is 0. The number of aromatic amines is 1. The zero-order valence-corrected chi connectivity index (χ0v) is 15.2. The number of hydrogen-bond acceptors (Lipinski definition) is 3. The Kier molecular flexibility index (Phi) is 6.04. The van der Waals surface area contributed by atoms with E-state index in [1.54, 1.807) is 26.1 Å². The molecule has 2 rings (SSSR count). The van der Waals surface area contributed by atoms with Crippen LogP contribution in [0.1, 0.15) is 41.1 Å². The predicted octanol–water partition coefficient (Wildman–Crippen LogP) is 3.31. The highest BCUT2D eigenvalue weighted by Crippen LogP contribution is 2.27. The summed E-state index contributed by atoms with van der Waals surface area (Å²) in [7, 11) is 7.30. The molecule has 1 aromatic carbocycles. The summed E-state index contributed by atoms with van der Waals surface area (Å²) in [5.41, 5.74) is 2.89. The van der Waals surface area contributed by atoms with Crippen LogP contribution in [-0.2, 0) is 6.54 Å². The molecule has 1 heterocycles. The third-order valence-electron chi connectivity index (χ3n) is 4.20. The Hall–Kier alpha value is -2.27. The van der Waals surface area contributed by atoms with Crippen LogP contribution >= 0.6 is 0 Å². The van der Waals surface area contributed by atoms with E-state index in [2.05, 4.69) is 36.0 Å². The minimum atomic E-state index is -0.0104. The molecule has 1 aromatic heterocycles. The van der Waals surface area contributed by atoms with Gasteiger partial charge in [-0.3, -0.25) is 9.69 Å². The lowest BCUT2D eigenvalue weighted by atomic mass is 10.0. The first kappa shape index (κ1) is 18.1. The van der Waals surface area contributed by atoms with Gasteiger partial charge in [-0.05, 0) is 43.3 Å². The van der Waals surface area contributed by atoms with Crippen molar-refractivity contribution in [1.82, 2.24) is 14.8 Å². The van der Waals surface area contributed by atoms with Crippen LogP contribution in [0.5, 0.6) is 5.75 Å². The quantitative estimate of drug-likeness (QED) is 0.848. The van der Waals surface area contributed by atoms with E-state index in [-0.39, 0.29) is 11.9 Å². The Morgan fingerprint density at radius 1 is 1.21 bits per heavy atom. The van der Waals surface area contributed by atoms with Gasteiger partial charge in [0.05, 0.1) is 7.11 Å². The Labute approximate surface area is 144 Å². The largest absolute Gasteiger partial charge is 0.497 e. The third-order valence-corrected chi connectivity index (χ3v) is 4.20. The van der Waals surface area contributed by atoms with Gasteiger partial charge in [-0.15, -0.1) is 0 Å². The van der Waals surface area contributed by atoms with E-state index in [1.807, 2.05) is 24.3 Å². The predicted molar refractivity (Wildman–Crippen MR) is 96.3 cm³/mol. The van der Waals surface area contributed by atoms with Crippen LogP contribution in [0.3, 0.4) is 0 Å². The normalized spacial score (nSPS) is 12.2. The van der Waals surface area contributed by atoms with Crippen LogP contribution in [0, 0.1) is 0 Å². The number of hydrogen-bond donors (Lipinski definition) is 1. The van der Waals surface area contributed by atoms with E-state index >= 15 is 0 Å². The molecule has 0 radical (unpaired) electrons. The smallest absolute Gasteiger partial charge is 0.269 e. The monoisotopic (exact) mass is 329 g/mol. The topological polar surface area (TPSA) is 48.6 Å². The van der Waals surface area contributed by atoms with Crippen molar-refractivity contribution in [3.8, 4) is 5.75 Å². The van der Waals surface area contributed by atoms with Gasteiger partial charge in [0.15, 0.2) is 0 Å². The number of rotatable bonds is 7. The molecule has 0 spiro atoms. The first-order valence-electron chi connectivity index (χ1n) is 8.20. The molecule has 0 aliphatic heterocycles. The number of carbonyl (C=O) groups is 1. The van der Waals surface area contributed by atoms with Gasteiger partial charge in [-0.2, -0.15) is 0 Å². The molecule has 5 heteroatoms. The molecule has 0 bridgehead atoms. The lowest BCUT2D eigenvalue weighted by Crippen LogP contribution is -2.24. The molecule has 0 fully saturated rings. The van der Waals surface area contributed by atoms with Crippen molar-refractivity contribution in [3.05, 3.63) is 53.3 Å². The molecule has 0 saturated heterocycles. The van der Waals surface area contributed by atoms with E-state index in [4.69, 9.17) is 4.74 Å². The van der Waals surface area contributed by atoms with Gasteiger partial charge in [0.2, 0.25) is 0 Å². The number of methoxy groups -OCH3 is 1. The van der Waals surface area contributed by atoms with Crippen molar-refractivity contribution < 1.29 is 9.53 Å². The number of nitrogens with one attached hydrogen (secondary N) is 1. The van der Waals surface area contributed by atoms with Crippen LogP contribution in [0.2, 0.25) is 0 Å². The van der Waals surface area contributed by atoms with E-state index in [0.717, 1.165) is 24.4 Å². The average Bonchev–Trinajstić information content (AvgIpc) is 3.03. The molecule has 2 aromatic rings. The summed E-state index contributed by atoms with van der Waals surface area (Å²) in [6.45, 7) is 2.92. The van der Waals surface area contributed by atoms with Crippen LogP contribution in [0.15, 0.2) is 36.4 Å². The van der Waals surface area contributed by atoms with E-state index in [1.165, 1.54) is 5.56 Å². The van der Waals surface area contributed by atoms with Gasteiger partial charge < -0.3 is 14.6 Å². The first-order chi connectivity index (χ1) is 11.5. The summed E-state index contributed by atoms with van der Waals surface area (Å²) in [6, 6.07) is 12.3. The second-order valence-corrected chi connectivity index (χ2v) is 6.21. The molecule has 1 atom stereocenters. The summed E-state index contributed by atoms with van der Waals surface area (Å²) in [5.74, 6) is 0.863. The number of carbonyl (C=O) groups excluding carboxylic acids is 1. The molecule has 1 amide bonds. The molecule has 5 nitrogen and oxygen atoms in total. The van der Waals surface area contributed by atoms with Crippen LogP contribution in [0.4, 0.5) is 0 Å². The first-order valence-corrected chi connectivity index (χ1v) is 8.20. The van der Waals surface area contributed by atoms with Crippen LogP contribution in [0.25, 0.3) is 0 Å². The molecular formula is C19H27N3O2. The van der Waals surface area contributed by atoms with Gasteiger partial charge in [0, 0.05) is 32.4 Å². The highest BCUT2D eigenvalue weighted by molar-refractivity contribution is 5.92. The minimum Gasteiger partial charge on any atom is -0.497 e. The zero-order chi connectivity index (χ0) is 17.7. The lowest BCUT2D eigenvalue weighted by Gasteiger charge is -2.27. The molecule has 130 valence electrons. The fourth-order valence-electron chi connectivity index (χ4n) is 2.93. The Morgan fingerprint density at radius 3 is 2.58 bits per heavy atom. The Morgan fingerprint density at radius 2 is 1.96 bits per heavy atom. The van der Waals surface area contributed by atoms with Gasteiger partial charge in [-0.25, -0.2) is 0 Å². The van der Waals surface area contributed by atoms with Gasteiger partial charge in [0.25, 0.3) is 5.91 Å². The van der Waals surface area contributed by atoms with E-state index < -0.39 is 0 Å². The van der Waals surface area contributed by atoms with Crippen molar-refractivity contribution in [2.24, 2.45) is 0 Å². The standard InChI is InChI=1S/C19H27N3O2/c1-6-18(14-8-7-9-16(12-14)24-5)22(4)13-15-10-11-17(20-15)19(23)21(2)3/h7-12,18,20H,6,13H2,1-5H3. The van der Waals surface area contributed by atoms with Crippen LogP contribution < -0.4 is 4.74 Å². The number of amides is 1. The molecular weight excluding hydrogens is 302 g/mol. The van der Waals surface area contributed by atoms with Gasteiger partial charge in [0.1, 0.15) is 11.4 Å². The maximum Gasteiger partial charge on any atom is 0.269 e. The molecule has 0 saturated carbocycles. The molecule has 24 heavy (non-hydrogen) atoms. The molecule has 1 unspecified atom stereocenters. The number of aromatic nitrogens is 1. The summed E-state index contributed by atoms with van der Waals surface area (Å²) in [4.78, 5) is 19.1. The fraction of sp³-hybridized carbons (Fsp3) is 0.421. The van der Waals surface area contributed by atoms with Gasteiger partial charge >= 0.3 is 0 Å². The van der Waals surface area contributed by atoms with E-state index in [0.29, 0.717) is 5.69 Å². The number of H-pyrrole nitrogens is 1. The molecule has 1 N–H and O–H groups in total. The van der Waals surface area contributed by atoms with Crippen molar-refractivity contribution >= 4 is 5.91 Å². The van der Waals surface area contributed by atoms with Crippen molar-refractivity contribution in [2.75, 3.05) is 28.3 Å². The maximum absolute atomic E-state index is 12.0. The number of benzene rings is 1. The number of nitrogens with zero attached hydrogens (tertiary/aromatic N) is 2. The SMILES string of the molecule is CCC(c1cccc(OC)c1)N(C)Cc1ccc(C(=O)N(C)C)[nH]1. The molecule has 0 aliphatic carbocycles. The summed E-state index contributed by atoms with van der Waals surface area (Å²) >= 11 is 0. The summed E-state index contributed by atoms with van der Waals surface area (Å²) in [6.07, 6.45) is 0.994. The Bertz CT molecular complexity index is 679. The highest BCUT2D eigenvalue weighted by Gasteiger charge is 2.17. The fourth-order valence-corrected chi connectivity index (χ4v) is 2.93.